The molecule has 0 saturated heterocycles. The zero-order valence-corrected chi connectivity index (χ0v) is 23.3. The average Bonchev–Trinajstić information content (AvgIpc) is 2.82. The summed E-state index contributed by atoms with van der Waals surface area (Å²) in [7, 11) is 0. The second kappa shape index (κ2) is 9.55. The lowest BCUT2D eigenvalue weighted by atomic mass is 9.64. The molecule has 0 unspecified atom stereocenters. The number of ketones is 2. The maximum Gasteiger partial charge on any atom is 0.318 e. The van der Waals surface area contributed by atoms with Gasteiger partial charge in [0.25, 0.3) is 5.69 Å². The van der Waals surface area contributed by atoms with E-state index in [2.05, 4.69) is 5.32 Å². The fourth-order valence-electron chi connectivity index (χ4n) is 5.97. The lowest BCUT2D eigenvalue weighted by Crippen LogP contribution is -2.42. The van der Waals surface area contributed by atoms with Crippen molar-refractivity contribution in [2.45, 2.75) is 59.3 Å². The number of nitro groups is 2. The number of hydrogen-bond acceptors (Lipinski definition) is 8. The molecule has 5 rings (SSSR count). The largest absolute Gasteiger partial charge is 0.449 e. The molecule has 1 aliphatic heterocycles. The van der Waals surface area contributed by atoms with Crippen molar-refractivity contribution in [3.8, 4) is 11.5 Å². The first-order valence-electron chi connectivity index (χ1n) is 12.9. The molecule has 1 N–H and O–H groups in total. The number of halogens is 1. The van der Waals surface area contributed by atoms with Crippen LogP contribution in [-0.2, 0) is 9.59 Å². The van der Waals surface area contributed by atoms with Crippen molar-refractivity contribution in [2.75, 3.05) is 0 Å². The number of nitrogens with one attached hydrogen (secondary N) is 1. The highest BCUT2D eigenvalue weighted by atomic mass is 35.5. The second-order valence-corrected chi connectivity index (χ2v) is 12.6. The minimum absolute atomic E-state index is 0.0223. The van der Waals surface area contributed by atoms with Gasteiger partial charge in [-0.25, -0.2) is 0 Å². The van der Waals surface area contributed by atoms with E-state index < -0.39 is 27.1 Å². The van der Waals surface area contributed by atoms with Crippen molar-refractivity contribution in [3.63, 3.8) is 0 Å². The molecular weight excluding hydrogens is 538 g/mol. The van der Waals surface area contributed by atoms with E-state index in [1.807, 2.05) is 27.7 Å². The van der Waals surface area contributed by atoms with E-state index in [0.29, 0.717) is 42.4 Å². The fraction of sp³-hybridized carbons (Fsp3) is 0.379. The summed E-state index contributed by atoms with van der Waals surface area (Å²) >= 11 is 6.61. The average molecular weight is 566 g/mol. The molecule has 0 saturated carbocycles. The van der Waals surface area contributed by atoms with E-state index in [4.69, 9.17) is 16.3 Å². The molecule has 0 bridgehead atoms. The number of Topliss-reactive ketones (excluding diaryl/α,β-unsaturated/α-hetero) is 2. The third kappa shape index (κ3) is 4.99. The number of benzene rings is 2. The van der Waals surface area contributed by atoms with Gasteiger partial charge in [0.2, 0.25) is 5.75 Å². The summed E-state index contributed by atoms with van der Waals surface area (Å²) in [5, 5.41) is 26.2. The van der Waals surface area contributed by atoms with Crippen LogP contribution in [0, 0.1) is 31.1 Å². The van der Waals surface area contributed by atoms with Gasteiger partial charge in [-0.3, -0.25) is 29.8 Å². The Kier molecular flexibility index (Phi) is 6.57. The number of nitrogens with zero attached hydrogens (tertiary/aromatic N) is 2. The Hall–Kier alpha value is -4.05. The van der Waals surface area contributed by atoms with Crippen LogP contribution >= 0.6 is 11.6 Å². The number of carbonyl (C=O) groups excluding carboxylic acids is 2. The molecule has 0 radical (unpaired) electrons. The second-order valence-electron chi connectivity index (χ2n) is 12.2. The molecular formula is C29H28ClN3O7. The van der Waals surface area contributed by atoms with Crippen LogP contribution in [0.15, 0.2) is 58.9 Å². The Labute approximate surface area is 235 Å². The molecule has 0 atom stereocenters. The maximum atomic E-state index is 13.5. The molecule has 40 heavy (non-hydrogen) atoms. The molecule has 0 fully saturated rings. The monoisotopic (exact) mass is 565 g/mol. The van der Waals surface area contributed by atoms with E-state index in [-0.39, 0.29) is 38.9 Å². The van der Waals surface area contributed by atoms with Crippen molar-refractivity contribution in [1.82, 2.24) is 5.32 Å². The van der Waals surface area contributed by atoms with Crippen LogP contribution in [0.3, 0.4) is 0 Å². The first-order valence-corrected chi connectivity index (χ1v) is 13.2. The van der Waals surface area contributed by atoms with Crippen LogP contribution in [0.4, 0.5) is 11.4 Å². The van der Waals surface area contributed by atoms with Crippen LogP contribution in [0.2, 0.25) is 5.02 Å². The summed E-state index contributed by atoms with van der Waals surface area (Å²) < 4.78 is 5.72. The lowest BCUT2D eigenvalue weighted by molar-refractivity contribution is -0.394. The summed E-state index contributed by atoms with van der Waals surface area (Å²) in [5.74, 6) is -0.765. The Morgan fingerprint density at radius 1 is 0.825 bits per heavy atom. The minimum Gasteiger partial charge on any atom is -0.449 e. The van der Waals surface area contributed by atoms with Crippen molar-refractivity contribution >= 4 is 34.5 Å². The fourth-order valence-corrected chi connectivity index (χ4v) is 6.20. The SMILES string of the molecule is CC1(C)CC(=O)C2=C(C1)NC1=C(C(=O)CC(C)(C)C1)C2c1ccc(Oc2ccc([N+](=O)[O-])cc2[N+](=O)[O-])c(Cl)c1. The summed E-state index contributed by atoms with van der Waals surface area (Å²) in [6.45, 7) is 8.19. The predicted molar refractivity (Wildman–Crippen MR) is 147 cm³/mol. The minimum atomic E-state index is -0.770. The number of non-ortho nitro benzene ring substituents is 1. The van der Waals surface area contributed by atoms with Crippen molar-refractivity contribution in [1.29, 1.82) is 0 Å². The third-order valence-corrected chi connectivity index (χ3v) is 7.87. The molecule has 3 aliphatic rings. The van der Waals surface area contributed by atoms with Crippen LogP contribution in [0.1, 0.15) is 64.9 Å². The molecule has 2 aromatic rings. The first-order chi connectivity index (χ1) is 18.7. The molecule has 10 nitrogen and oxygen atoms in total. The summed E-state index contributed by atoms with van der Waals surface area (Å²) in [4.78, 5) is 48.1. The van der Waals surface area contributed by atoms with E-state index in [1.165, 1.54) is 6.07 Å². The number of dihydropyridines is 1. The van der Waals surface area contributed by atoms with Gasteiger partial charge < -0.3 is 10.1 Å². The summed E-state index contributed by atoms with van der Waals surface area (Å²) in [6.07, 6.45) is 2.03. The van der Waals surface area contributed by atoms with Gasteiger partial charge in [0.1, 0.15) is 5.75 Å². The van der Waals surface area contributed by atoms with Gasteiger partial charge in [-0.1, -0.05) is 45.4 Å². The van der Waals surface area contributed by atoms with Crippen LogP contribution in [-0.4, -0.2) is 21.4 Å². The molecule has 11 heteroatoms. The Morgan fingerprint density at radius 2 is 1.38 bits per heavy atom. The standard InChI is InChI=1S/C29H28ClN3O7/c1-28(2)11-18-26(21(34)13-28)25(27-19(31-18)12-29(3,4)14-22(27)35)15-5-7-23(17(30)9-15)40-24-8-6-16(32(36)37)10-20(24)33(38)39/h5-10,25,31H,11-14H2,1-4H3. The van der Waals surface area contributed by atoms with Gasteiger partial charge in [-0.2, -0.15) is 0 Å². The number of nitro benzene ring substituents is 2. The highest BCUT2D eigenvalue weighted by Crippen LogP contribution is 2.51. The van der Waals surface area contributed by atoms with E-state index >= 15 is 0 Å². The summed E-state index contributed by atoms with van der Waals surface area (Å²) in [5.41, 5.74) is 1.95. The van der Waals surface area contributed by atoms with Gasteiger partial charge in [-0.05, 0) is 47.4 Å². The summed E-state index contributed by atoms with van der Waals surface area (Å²) in [6, 6.07) is 7.91. The van der Waals surface area contributed by atoms with Gasteiger partial charge >= 0.3 is 5.69 Å². The number of rotatable bonds is 5. The quantitative estimate of drug-likeness (QED) is 0.304. The van der Waals surface area contributed by atoms with Crippen molar-refractivity contribution in [3.05, 3.63) is 89.8 Å². The molecule has 208 valence electrons. The van der Waals surface area contributed by atoms with Crippen molar-refractivity contribution in [2.24, 2.45) is 10.8 Å². The molecule has 0 spiro atoms. The van der Waals surface area contributed by atoms with Crippen LogP contribution in [0.25, 0.3) is 0 Å². The Balaban J connectivity index is 1.57. The van der Waals surface area contributed by atoms with Crippen molar-refractivity contribution < 1.29 is 24.2 Å². The van der Waals surface area contributed by atoms with E-state index in [1.54, 1.807) is 12.1 Å². The van der Waals surface area contributed by atoms with Crippen LogP contribution in [0.5, 0.6) is 11.5 Å². The van der Waals surface area contributed by atoms with Crippen LogP contribution < -0.4 is 10.1 Å². The Morgan fingerprint density at radius 3 is 1.88 bits per heavy atom. The highest BCUT2D eigenvalue weighted by molar-refractivity contribution is 6.32. The Bertz CT molecular complexity index is 1520. The molecule has 0 amide bonds. The normalized spacial score (nSPS) is 20.0. The topological polar surface area (TPSA) is 142 Å². The van der Waals surface area contributed by atoms with E-state index in [9.17, 15) is 29.8 Å². The zero-order valence-electron chi connectivity index (χ0n) is 22.5. The van der Waals surface area contributed by atoms with Gasteiger partial charge in [0, 0.05) is 47.4 Å². The number of allylic oxidation sites excluding steroid dienone is 4. The lowest BCUT2D eigenvalue weighted by Gasteiger charge is -2.44. The molecule has 0 aromatic heterocycles. The molecule has 2 aromatic carbocycles. The van der Waals surface area contributed by atoms with E-state index in [0.717, 1.165) is 29.6 Å². The van der Waals surface area contributed by atoms with Gasteiger partial charge in [0.05, 0.1) is 20.9 Å². The maximum absolute atomic E-state index is 13.5. The molecule has 1 heterocycles. The number of ether oxygens (including phenoxy) is 1. The predicted octanol–water partition coefficient (Wildman–Crippen LogP) is 6.92. The number of carbonyl (C=O) groups is 2. The zero-order chi connectivity index (χ0) is 29.1. The number of hydrogen-bond donors (Lipinski definition) is 1. The smallest absolute Gasteiger partial charge is 0.318 e. The third-order valence-electron chi connectivity index (χ3n) is 7.58. The first kappa shape index (κ1) is 27.5. The van der Waals surface area contributed by atoms with Gasteiger partial charge in [-0.15, -0.1) is 0 Å². The molecule has 2 aliphatic carbocycles. The highest BCUT2D eigenvalue weighted by Gasteiger charge is 2.46. The van der Waals surface area contributed by atoms with Gasteiger partial charge in [0.15, 0.2) is 11.6 Å².